The summed E-state index contributed by atoms with van der Waals surface area (Å²) in [6.45, 7) is 0.306. The van der Waals surface area contributed by atoms with Crippen LogP contribution in [0.25, 0.3) is 11.3 Å². The number of hydrogen-bond donors (Lipinski definition) is 5. The molecule has 2 atom stereocenters. The Morgan fingerprint density at radius 3 is 2.58 bits per heavy atom. The highest BCUT2D eigenvalue weighted by molar-refractivity contribution is 5.78. The topological polar surface area (TPSA) is 158 Å². The molecule has 0 radical (unpaired) electrons. The molecule has 3 heterocycles. The van der Waals surface area contributed by atoms with Crippen LogP contribution < -0.4 is 36.9 Å². The Labute approximate surface area is 228 Å². The van der Waals surface area contributed by atoms with Crippen LogP contribution in [-0.4, -0.2) is 60.5 Å². The van der Waals surface area contributed by atoms with Gasteiger partial charge in [0.2, 0.25) is 0 Å². The van der Waals surface area contributed by atoms with Crippen molar-refractivity contribution in [1.82, 2.24) is 9.97 Å². The maximum atomic E-state index is 15.1. The molecule has 1 aliphatic rings. The smallest absolute Gasteiger partial charge is 0.265 e. The zero-order chi connectivity index (χ0) is 29.2. The van der Waals surface area contributed by atoms with Crippen LogP contribution in [0.15, 0.2) is 30.6 Å². The summed E-state index contributed by atoms with van der Waals surface area (Å²) in [6.07, 6.45) is -1.64. The van der Waals surface area contributed by atoms with E-state index in [0.717, 1.165) is 12.1 Å². The molecule has 40 heavy (non-hydrogen) atoms. The lowest BCUT2D eigenvalue weighted by atomic mass is 9.84. The molecule has 14 heteroatoms. The molecule has 1 aromatic carbocycles. The number of nitrogens with two attached hydrogens (primary N) is 3. The van der Waals surface area contributed by atoms with E-state index in [-0.39, 0.29) is 53.8 Å². The first-order chi connectivity index (χ1) is 19.0. The highest BCUT2D eigenvalue weighted by Crippen LogP contribution is 2.41. The number of methoxy groups -OCH3 is 2. The van der Waals surface area contributed by atoms with Gasteiger partial charge in [-0.1, -0.05) is 0 Å². The average Bonchev–Trinajstić information content (AvgIpc) is 2.93. The monoisotopic (exact) mass is 565 g/mol. The van der Waals surface area contributed by atoms with Gasteiger partial charge in [0.05, 0.1) is 43.0 Å². The summed E-state index contributed by atoms with van der Waals surface area (Å²) in [4.78, 5) is 10.0. The molecule has 1 fully saturated rings. The second-order valence-electron chi connectivity index (χ2n) is 9.52. The number of nitrogens with one attached hydrogen (secondary N) is 1. The Kier molecular flexibility index (Phi) is 8.40. The zero-order valence-electron chi connectivity index (χ0n) is 21.9. The lowest BCUT2D eigenvalue weighted by Gasteiger charge is -2.44. The van der Waals surface area contributed by atoms with E-state index < -0.39 is 29.7 Å². The molecule has 0 unspecified atom stereocenters. The van der Waals surface area contributed by atoms with E-state index in [1.807, 2.05) is 0 Å². The number of ether oxygens (including phenoxy) is 2. The van der Waals surface area contributed by atoms with Gasteiger partial charge in [-0.2, -0.15) is 0 Å². The molecule has 4 rings (SSSR count). The van der Waals surface area contributed by atoms with Crippen molar-refractivity contribution in [3.63, 3.8) is 0 Å². The number of aromatic nitrogens is 2. The Balaban J connectivity index is 1.84. The predicted octanol–water partition coefficient (Wildman–Crippen LogP) is 3.14. The van der Waals surface area contributed by atoms with E-state index in [0.29, 0.717) is 29.9 Å². The van der Waals surface area contributed by atoms with Gasteiger partial charge in [0, 0.05) is 43.0 Å². The largest absolute Gasteiger partial charge is 0.494 e. The number of nitrogens with zero attached hydrogens (tertiary/aromatic N) is 3. The maximum absolute atomic E-state index is 15.1. The van der Waals surface area contributed by atoms with Crippen molar-refractivity contribution in [2.45, 2.75) is 37.5 Å². The fourth-order valence-corrected chi connectivity index (χ4v) is 4.88. The van der Waals surface area contributed by atoms with Gasteiger partial charge >= 0.3 is 0 Å². The summed E-state index contributed by atoms with van der Waals surface area (Å²) in [7, 11) is 2.56. The molecule has 10 nitrogen and oxygen atoms in total. The Hall–Kier alpha value is -4.04. The second-order valence-corrected chi connectivity index (χ2v) is 9.52. The predicted molar refractivity (Wildman–Crippen MR) is 143 cm³/mol. The number of anilines is 4. The Morgan fingerprint density at radius 1 is 1.15 bits per heavy atom. The van der Waals surface area contributed by atoms with Gasteiger partial charge in [0.1, 0.15) is 23.4 Å². The van der Waals surface area contributed by atoms with Crippen LogP contribution in [0.3, 0.4) is 0 Å². The molecule has 0 spiro atoms. The molecule has 0 bridgehead atoms. The zero-order valence-corrected chi connectivity index (χ0v) is 21.9. The third kappa shape index (κ3) is 5.49. The number of benzene rings is 1. The van der Waals surface area contributed by atoms with Crippen molar-refractivity contribution >= 4 is 22.9 Å². The summed E-state index contributed by atoms with van der Waals surface area (Å²) in [6, 6.07) is 3.45. The number of alkyl halides is 2. The molecule has 2 aromatic heterocycles. The van der Waals surface area contributed by atoms with Gasteiger partial charge < -0.3 is 42.0 Å². The quantitative estimate of drug-likeness (QED) is 0.244. The van der Waals surface area contributed by atoms with E-state index in [9.17, 15) is 18.3 Å². The number of piperidine rings is 1. The van der Waals surface area contributed by atoms with Crippen LogP contribution in [-0.2, 0) is 6.54 Å². The highest BCUT2D eigenvalue weighted by Gasteiger charge is 2.43. The van der Waals surface area contributed by atoms with Crippen molar-refractivity contribution in [3.05, 3.63) is 47.8 Å². The van der Waals surface area contributed by atoms with Gasteiger partial charge in [0.15, 0.2) is 17.3 Å². The van der Waals surface area contributed by atoms with E-state index in [1.165, 1.54) is 26.6 Å². The van der Waals surface area contributed by atoms with Gasteiger partial charge in [-0.3, -0.25) is 4.98 Å². The lowest BCUT2D eigenvalue weighted by molar-refractivity contribution is -0.0529. The van der Waals surface area contributed by atoms with E-state index >= 15 is 4.39 Å². The number of aliphatic hydroxyl groups is 1. The third-order valence-electron chi connectivity index (χ3n) is 7.02. The van der Waals surface area contributed by atoms with Crippen LogP contribution in [0, 0.1) is 11.6 Å². The number of rotatable bonds is 9. The van der Waals surface area contributed by atoms with Gasteiger partial charge in [-0.05, 0) is 25.0 Å². The van der Waals surface area contributed by atoms with Crippen LogP contribution in [0.5, 0.6) is 11.5 Å². The minimum atomic E-state index is -3.03. The van der Waals surface area contributed by atoms with E-state index in [1.54, 1.807) is 11.0 Å². The van der Waals surface area contributed by atoms with Crippen LogP contribution in [0.1, 0.15) is 18.4 Å². The molecular formula is C26H31F4N7O3. The number of nitrogen functional groups attached to an aromatic ring is 2. The molecule has 3 aromatic rings. The van der Waals surface area contributed by atoms with Crippen LogP contribution in [0.2, 0.25) is 0 Å². The highest BCUT2D eigenvalue weighted by atomic mass is 19.3. The molecule has 0 saturated carbocycles. The van der Waals surface area contributed by atoms with Crippen molar-refractivity contribution in [1.29, 1.82) is 0 Å². The van der Waals surface area contributed by atoms with E-state index in [4.69, 9.17) is 26.7 Å². The second kappa shape index (κ2) is 11.6. The molecule has 216 valence electrons. The first kappa shape index (κ1) is 29.0. The molecule has 1 aliphatic heterocycles. The summed E-state index contributed by atoms with van der Waals surface area (Å²) in [5.74, 6) is -1.70. The van der Waals surface area contributed by atoms with Gasteiger partial charge in [-0.15, -0.1) is 0 Å². The molecule has 0 amide bonds. The molecule has 0 aliphatic carbocycles. The fourth-order valence-electron chi connectivity index (χ4n) is 4.88. The minimum Gasteiger partial charge on any atom is -0.494 e. The summed E-state index contributed by atoms with van der Waals surface area (Å²) >= 11 is 0. The fraction of sp³-hybridized carbons (Fsp3) is 0.385. The molecule has 1 saturated heterocycles. The van der Waals surface area contributed by atoms with Crippen LogP contribution in [0.4, 0.5) is 40.4 Å². The summed E-state index contributed by atoms with van der Waals surface area (Å²) in [5, 5.41) is 13.3. The number of hydrogen-bond acceptors (Lipinski definition) is 10. The number of aliphatic hydroxyl groups excluding tert-OH is 1. The summed E-state index contributed by atoms with van der Waals surface area (Å²) in [5.41, 5.74) is 17.8. The Morgan fingerprint density at radius 2 is 1.90 bits per heavy atom. The van der Waals surface area contributed by atoms with Crippen molar-refractivity contribution in [2.24, 2.45) is 5.73 Å². The lowest BCUT2D eigenvalue weighted by Crippen LogP contribution is -2.63. The van der Waals surface area contributed by atoms with Crippen molar-refractivity contribution < 1.29 is 32.1 Å². The van der Waals surface area contributed by atoms with E-state index in [2.05, 4.69) is 15.3 Å². The standard InChI is InChI=1S/C26H31F4N7O3/c1-39-19-9-15(27)13(8-16(19)28)21-22(40-2)14(10-35-17-4-6-34-25(32)20(17)31)18(11-36-21)37-7-3-5-26(33,12-37)23(38)24(29)30/h4,6,8-9,11,23-24,38H,3,5,7,10,12,31,33H2,1-2H3,(H3,32,34,35)/t23-,26-/m1/s1. The molecule has 8 N–H and O–H groups in total. The maximum Gasteiger partial charge on any atom is 0.265 e. The number of halogens is 4. The first-order valence-corrected chi connectivity index (χ1v) is 12.3. The molecular weight excluding hydrogens is 534 g/mol. The summed E-state index contributed by atoms with van der Waals surface area (Å²) < 4.78 is 67.1. The van der Waals surface area contributed by atoms with Crippen molar-refractivity contribution in [3.8, 4) is 22.8 Å². The first-order valence-electron chi connectivity index (χ1n) is 12.3. The van der Waals surface area contributed by atoms with Gasteiger partial charge in [0.25, 0.3) is 6.43 Å². The third-order valence-corrected chi connectivity index (χ3v) is 7.02. The average molecular weight is 566 g/mol. The van der Waals surface area contributed by atoms with Gasteiger partial charge in [-0.25, -0.2) is 22.5 Å². The van der Waals surface area contributed by atoms with Crippen molar-refractivity contribution in [2.75, 3.05) is 49.0 Å². The Bertz CT molecular complexity index is 1380. The number of pyridine rings is 2. The normalized spacial score (nSPS) is 18.1. The minimum absolute atomic E-state index is 0.00652. The SMILES string of the molecule is COc1cc(F)c(-c2ncc(N3CCC[C@](N)([C@H](O)C(F)F)C3)c(CNc3ccnc(N)c3N)c2OC)cc1F. The van der Waals surface area contributed by atoms with Crippen LogP contribution >= 0.6 is 0 Å².